The zero-order chi connectivity index (χ0) is 15.2. The van der Waals surface area contributed by atoms with E-state index in [1.54, 1.807) is 13.2 Å². The zero-order valence-electron chi connectivity index (χ0n) is 13.0. The highest BCUT2D eigenvalue weighted by molar-refractivity contribution is 5.91. The molecule has 0 heterocycles. The van der Waals surface area contributed by atoms with Gasteiger partial charge in [-0.05, 0) is 30.8 Å². The van der Waals surface area contributed by atoms with E-state index >= 15 is 0 Å². The van der Waals surface area contributed by atoms with Gasteiger partial charge in [0.2, 0.25) is 0 Å². The van der Waals surface area contributed by atoms with E-state index in [9.17, 15) is 4.79 Å². The van der Waals surface area contributed by atoms with Crippen LogP contribution in [0.3, 0.4) is 0 Å². The van der Waals surface area contributed by atoms with Gasteiger partial charge in [0.1, 0.15) is 11.3 Å². The van der Waals surface area contributed by atoms with Crippen LogP contribution in [0.1, 0.15) is 32.8 Å². The molecule has 0 spiro atoms. The van der Waals surface area contributed by atoms with Gasteiger partial charge in [0.05, 0.1) is 7.11 Å². The Hall–Kier alpha value is -1.61. The van der Waals surface area contributed by atoms with Gasteiger partial charge in [-0.25, -0.2) is 0 Å². The largest absolute Gasteiger partial charge is 0.497 e. The summed E-state index contributed by atoms with van der Waals surface area (Å²) < 4.78 is 5.29. The minimum absolute atomic E-state index is 0.157. The summed E-state index contributed by atoms with van der Waals surface area (Å²) in [5, 5.41) is 0. The molecular formula is C17H25NO2. The normalized spacial score (nSPS) is 13.8. The van der Waals surface area contributed by atoms with Gasteiger partial charge < -0.3 is 4.74 Å². The lowest BCUT2D eigenvalue weighted by Gasteiger charge is -2.40. The van der Waals surface area contributed by atoms with Crippen LogP contribution in [0.25, 0.3) is 0 Å². The lowest BCUT2D eigenvalue weighted by Crippen LogP contribution is -2.50. The van der Waals surface area contributed by atoms with Crippen molar-refractivity contribution in [3.05, 3.63) is 42.5 Å². The number of methoxy groups -OCH3 is 1. The first-order valence-corrected chi connectivity index (χ1v) is 7.17. The molecule has 1 atom stereocenters. The van der Waals surface area contributed by atoms with Crippen molar-refractivity contribution in [2.75, 3.05) is 20.2 Å². The number of benzene rings is 1. The van der Waals surface area contributed by atoms with Gasteiger partial charge in [0.15, 0.2) is 5.78 Å². The summed E-state index contributed by atoms with van der Waals surface area (Å²) in [6.45, 7) is 11.5. The first kappa shape index (κ1) is 16.4. The molecule has 20 heavy (non-hydrogen) atoms. The molecule has 0 radical (unpaired) electrons. The molecule has 0 aromatic heterocycles. The second-order valence-electron chi connectivity index (χ2n) is 4.65. The molecule has 0 amide bonds. The number of carbonyl (C=O) groups is 1. The summed E-state index contributed by atoms with van der Waals surface area (Å²) in [7, 11) is 1.63. The van der Waals surface area contributed by atoms with Crippen molar-refractivity contribution in [2.45, 2.75) is 32.7 Å². The fraction of sp³-hybridized carbons (Fsp3) is 0.471. The van der Waals surface area contributed by atoms with Crippen LogP contribution in [-0.4, -0.2) is 30.9 Å². The van der Waals surface area contributed by atoms with Crippen LogP contribution in [0.4, 0.5) is 0 Å². The molecule has 0 saturated heterocycles. The first-order chi connectivity index (χ1) is 9.60. The van der Waals surface area contributed by atoms with Crippen LogP contribution in [-0.2, 0) is 10.3 Å². The van der Waals surface area contributed by atoms with Crippen LogP contribution in [0.15, 0.2) is 36.9 Å². The number of ketones is 1. The molecular weight excluding hydrogens is 250 g/mol. The average Bonchev–Trinajstić information content (AvgIpc) is 2.51. The minimum atomic E-state index is -0.771. The Kier molecular flexibility index (Phi) is 5.96. The van der Waals surface area contributed by atoms with E-state index in [4.69, 9.17) is 4.74 Å². The second-order valence-corrected chi connectivity index (χ2v) is 4.65. The van der Waals surface area contributed by atoms with Crippen molar-refractivity contribution < 1.29 is 9.53 Å². The second kappa shape index (κ2) is 7.25. The first-order valence-electron chi connectivity index (χ1n) is 7.17. The summed E-state index contributed by atoms with van der Waals surface area (Å²) >= 11 is 0. The van der Waals surface area contributed by atoms with Gasteiger partial charge in [0.25, 0.3) is 0 Å². The van der Waals surface area contributed by atoms with Crippen LogP contribution in [0.2, 0.25) is 0 Å². The van der Waals surface area contributed by atoms with Crippen molar-refractivity contribution in [3.63, 3.8) is 0 Å². The van der Waals surface area contributed by atoms with Gasteiger partial charge in [-0.3, -0.25) is 9.69 Å². The number of nitrogens with zero attached hydrogens (tertiary/aromatic N) is 1. The zero-order valence-corrected chi connectivity index (χ0v) is 13.0. The molecule has 3 heteroatoms. The summed E-state index contributed by atoms with van der Waals surface area (Å²) in [6, 6.07) is 7.69. The van der Waals surface area contributed by atoms with E-state index in [0.717, 1.165) is 24.4 Å². The van der Waals surface area contributed by atoms with Crippen molar-refractivity contribution in [3.8, 4) is 5.75 Å². The third-order valence-corrected chi connectivity index (χ3v) is 3.81. The van der Waals surface area contributed by atoms with Gasteiger partial charge >= 0.3 is 0 Å². The summed E-state index contributed by atoms with van der Waals surface area (Å²) in [4.78, 5) is 14.8. The lowest BCUT2D eigenvalue weighted by atomic mass is 9.82. The lowest BCUT2D eigenvalue weighted by molar-refractivity contribution is -0.128. The highest BCUT2D eigenvalue weighted by Gasteiger charge is 2.40. The third kappa shape index (κ3) is 2.78. The maximum absolute atomic E-state index is 12.7. The molecule has 0 aliphatic carbocycles. The molecule has 0 aliphatic rings. The van der Waals surface area contributed by atoms with Gasteiger partial charge in [-0.2, -0.15) is 0 Å². The topological polar surface area (TPSA) is 29.5 Å². The summed E-state index contributed by atoms with van der Waals surface area (Å²) in [6.07, 6.45) is 2.24. The summed E-state index contributed by atoms with van der Waals surface area (Å²) in [5.41, 5.74) is 0.148. The number of Topliss-reactive ketones (excluding diaryl/α,β-unsaturated/α-hetero) is 1. The molecule has 1 rings (SSSR count). The molecule has 1 unspecified atom stereocenters. The number of rotatable bonds is 8. The maximum Gasteiger partial charge on any atom is 0.161 e. The number of carbonyl (C=O) groups excluding carboxylic acids is 1. The van der Waals surface area contributed by atoms with E-state index in [1.165, 1.54) is 0 Å². The van der Waals surface area contributed by atoms with E-state index in [1.807, 2.05) is 31.2 Å². The summed E-state index contributed by atoms with van der Waals surface area (Å²) in [5.74, 6) is 0.911. The van der Waals surface area contributed by atoms with Crippen molar-refractivity contribution >= 4 is 5.78 Å². The van der Waals surface area contributed by atoms with E-state index in [0.29, 0.717) is 6.42 Å². The van der Waals surface area contributed by atoms with Gasteiger partial charge in [-0.1, -0.05) is 39.0 Å². The highest BCUT2D eigenvalue weighted by Crippen LogP contribution is 2.34. The fourth-order valence-corrected chi connectivity index (χ4v) is 2.73. The van der Waals surface area contributed by atoms with E-state index in [-0.39, 0.29) is 5.78 Å². The molecule has 1 aromatic carbocycles. The van der Waals surface area contributed by atoms with Gasteiger partial charge in [-0.15, -0.1) is 6.58 Å². The Morgan fingerprint density at radius 2 is 2.00 bits per heavy atom. The fourth-order valence-electron chi connectivity index (χ4n) is 2.73. The minimum Gasteiger partial charge on any atom is -0.497 e. The third-order valence-electron chi connectivity index (χ3n) is 3.81. The van der Waals surface area contributed by atoms with Crippen LogP contribution >= 0.6 is 0 Å². The van der Waals surface area contributed by atoms with Crippen LogP contribution in [0.5, 0.6) is 5.75 Å². The van der Waals surface area contributed by atoms with Gasteiger partial charge in [0, 0.05) is 6.42 Å². The predicted octanol–water partition coefficient (Wildman–Crippen LogP) is 3.40. The molecule has 0 saturated carbocycles. The standard InChI is InChI=1S/C17H25NO2/c1-6-16(19)17(7-2,18(8-3)9-4)14-11-10-12-15(13-14)20-5/h7,10-13H,2,6,8-9H2,1,3-5H3. The number of ether oxygens (including phenoxy) is 1. The molecule has 0 fully saturated rings. The van der Waals surface area contributed by atoms with Crippen molar-refractivity contribution in [2.24, 2.45) is 0 Å². The van der Waals surface area contributed by atoms with Crippen LogP contribution < -0.4 is 4.74 Å². The smallest absolute Gasteiger partial charge is 0.161 e. The molecule has 3 nitrogen and oxygen atoms in total. The molecule has 0 aliphatic heterocycles. The molecule has 0 bridgehead atoms. The van der Waals surface area contributed by atoms with E-state index < -0.39 is 5.54 Å². The Labute approximate surface area is 122 Å². The Balaban J connectivity index is 3.49. The predicted molar refractivity (Wildman–Crippen MR) is 83.1 cm³/mol. The quantitative estimate of drug-likeness (QED) is 0.681. The van der Waals surface area contributed by atoms with Crippen molar-refractivity contribution in [1.29, 1.82) is 0 Å². The van der Waals surface area contributed by atoms with Crippen LogP contribution in [0, 0.1) is 0 Å². The number of hydrogen-bond acceptors (Lipinski definition) is 3. The Morgan fingerprint density at radius 3 is 2.45 bits per heavy atom. The highest BCUT2D eigenvalue weighted by atomic mass is 16.5. The number of likely N-dealkylation sites (N-methyl/N-ethyl adjacent to an activating group) is 1. The molecule has 110 valence electrons. The molecule has 0 N–H and O–H groups in total. The van der Waals surface area contributed by atoms with Crippen molar-refractivity contribution in [1.82, 2.24) is 4.90 Å². The average molecular weight is 275 g/mol. The SMILES string of the molecule is C=CC(C(=O)CC)(c1cccc(OC)c1)N(CC)CC. The Bertz CT molecular complexity index is 466. The Morgan fingerprint density at radius 1 is 1.35 bits per heavy atom. The molecule has 1 aromatic rings. The number of hydrogen-bond donors (Lipinski definition) is 0. The van der Waals surface area contributed by atoms with E-state index in [2.05, 4.69) is 25.3 Å². The monoisotopic (exact) mass is 275 g/mol. The maximum atomic E-state index is 12.7.